The van der Waals surface area contributed by atoms with Crippen LogP contribution >= 0.6 is 24.0 Å². The molecule has 0 spiro atoms. The molecule has 7 nitrogen and oxygen atoms in total. The van der Waals surface area contributed by atoms with Crippen LogP contribution in [0.4, 0.5) is 0 Å². The number of nitrogens with one attached hydrogen (secondary N) is 2. The summed E-state index contributed by atoms with van der Waals surface area (Å²) in [6.07, 6.45) is 3.48. The summed E-state index contributed by atoms with van der Waals surface area (Å²) in [4.78, 5) is 4.24. The lowest BCUT2D eigenvalue weighted by Crippen LogP contribution is -2.37. The SMILES string of the molecule is CN=C(NCCCOCC1CCCO1)NCc1cccc2c1OCO2.I. The van der Waals surface area contributed by atoms with Crippen molar-refractivity contribution in [1.82, 2.24) is 10.6 Å². The largest absolute Gasteiger partial charge is 0.454 e. The van der Waals surface area contributed by atoms with Gasteiger partial charge in [0, 0.05) is 38.9 Å². The Morgan fingerprint density at radius 3 is 3.04 bits per heavy atom. The molecule has 1 unspecified atom stereocenters. The van der Waals surface area contributed by atoms with E-state index in [1.54, 1.807) is 7.05 Å². The predicted molar refractivity (Wildman–Crippen MR) is 111 cm³/mol. The highest BCUT2D eigenvalue weighted by atomic mass is 127. The molecule has 8 heteroatoms. The van der Waals surface area contributed by atoms with Crippen molar-refractivity contribution in [2.75, 3.05) is 40.2 Å². The normalized spacial score (nSPS) is 18.5. The van der Waals surface area contributed by atoms with Crippen LogP contribution in [0.15, 0.2) is 23.2 Å². The molecule has 0 aliphatic carbocycles. The Balaban J connectivity index is 0.00000243. The van der Waals surface area contributed by atoms with Crippen molar-refractivity contribution in [2.24, 2.45) is 4.99 Å². The molecule has 2 N–H and O–H groups in total. The van der Waals surface area contributed by atoms with Gasteiger partial charge in [-0.1, -0.05) is 12.1 Å². The molecule has 1 aromatic carbocycles. The van der Waals surface area contributed by atoms with E-state index in [2.05, 4.69) is 15.6 Å². The molecule has 2 aliphatic heterocycles. The Bertz CT molecular complexity index is 580. The minimum absolute atomic E-state index is 0. The average Bonchev–Trinajstić information content (AvgIpc) is 3.32. The lowest BCUT2D eigenvalue weighted by Gasteiger charge is -2.13. The summed E-state index contributed by atoms with van der Waals surface area (Å²) in [5.41, 5.74) is 1.05. The lowest BCUT2D eigenvalue weighted by molar-refractivity contribution is 0.0168. The molecule has 146 valence electrons. The number of benzene rings is 1. The highest BCUT2D eigenvalue weighted by Crippen LogP contribution is 2.35. The van der Waals surface area contributed by atoms with Gasteiger partial charge in [0.05, 0.1) is 12.7 Å². The molecule has 0 radical (unpaired) electrons. The number of halogens is 1. The highest BCUT2D eigenvalue weighted by molar-refractivity contribution is 14.0. The third kappa shape index (κ3) is 6.17. The number of para-hydroxylation sites is 1. The molecule has 0 bridgehead atoms. The van der Waals surface area contributed by atoms with Gasteiger partial charge in [-0.25, -0.2) is 0 Å². The van der Waals surface area contributed by atoms with E-state index in [0.29, 0.717) is 19.3 Å². The fraction of sp³-hybridized carbons (Fsp3) is 0.611. The number of hydrogen-bond donors (Lipinski definition) is 2. The van der Waals surface area contributed by atoms with Gasteiger partial charge in [-0.3, -0.25) is 4.99 Å². The second-order valence-electron chi connectivity index (χ2n) is 6.07. The summed E-state index contributed by atoms with van der Waals surface area (Å²) in [5, 5.41) is 6.59. The van der Waals surface area contributed by atoms with Crippen LogP contribution in [0.1, 0.15) is 24.8 Å². The molecule has 0 amide bonds. The van der Waals surface area contributed by atoms with E-state index < -0.39 is 0 Å². The number of rotatable bonds is 8. The molecule has 2 aliphatic rings. The smallest absolute Gasteiger partial charge is 0.231 e. The maximum Gasteiger partial charge on any atom is 0.231 e. The zero-order valence-corrected chi connectivity index (χ0v) is 17.5. The van der Waals surface area contributed by atoms with Crippen LogP contribution in [0.2, 0.25) is 0 Å². The Hall–Kier alpha value is -1.26. The van der Waals surface area contributed by atoms with Gasteiger partial charge in [0.15, 0.2) is 17.5 Å². The molecule has 1 saturated heterocycles. The zero-order valence-electron chi connectivity index (χ0n) is 15.2. The summed E-state index contributed by atoms with van der Waals surface area (Å²) in [5.74, 6) is 2.37. The maximum atomic E-state index is 5.66. The number of hydrogen-bond acceptors (Lipinski definition) is 5. The molecule has 3 rings (SSSR count). The molecule has 1 aromatic rings. The Labute approximate surface area is 171 Å². The topological polar surface area (TPSA) is 73.3 Å². The first kappa shape index (κ1) is 21.0. The standard InChI is InChI=1S/C18H27N3O4.HI/c1-19-18(20-8-4-9-22-12-15-6-3-10-23-15)21-11-14-5-2-7-16-17(14)25-13-24-16;/h2,5,7,15H,3-4,6,8-13H2,1H3,(H2,19,20,21);1H. The van der Waals surface area contributed by atoms with Crippen molar-refractivity contribution < 1.29 is 18.9 Å². The molecular weight excluding hydrogens is 449 g/mol. The van der Waals surface area contributed by atoms with Gasteiger partial charge in [0.1, 0.15) is 0 Å². The number of guanidine groups is 1. The lowest BCUT2D eigenvalue weighted by atomic mass is 10.2. The predicted octanol–water partition coefficient (Wildman–Crippen LogP) is 2.28. The van der Waals surface area contributed by atoms with E-state index in [1.807, 2.05) is 18.2 Å². The van der Waals surface area contributed by atoms with Gasteiger partial charge >= 0.3 is 0 Å². The van der Waals surface area contributed by atoms with Gasteiger partial charge in [-0.2, -0.15) is 0 Å². The monoisotopic (exact) mass is 477 g/mol. The minimum atomic E-state index is 0. The molecule has 0 saturated carbocycles. The van der Waals surface area contributed by atoms with Crippen LogP contribution in [-0.4, -0.2) is 52.3 Å². The molecule has 0 aromatic heterocycles. The third-order valence-electron chi connectivity index (χ3n) is 4.23. The second kappa shape index (κ2) is 11.5. The molecule has 1 fully saturated rings. The minimum Gasteiger partial charge on any atom is -0.454 e. The third-order valence-corrected chi connectivity index (χ3v) is 4.23. The van der Waals surface area contributed by atoms with Crippen molar-refractivity contribution in [2.45, 2.75) is 31.9 Å². The van der Waals surface area contributed by atoms with Gasteiger partial charge in [-0.05, 0) is 25.3 Å². The van der Waals surface area contributed by atoms with Gasteiger partial charge in [0.2, 0.25) is 6.79 Å². The number of fused-ring (bicyclic) bond motifs is 1. The number of ether oxygens (including phenoxy) is 4. The van der Waals surface area contributed by atoms with Crippen molar-refractivity contribution in [3.63, 3.8) is 0 Å². The van der Waals surface area contributed by atoms with Crippen LogP contribution in [0, 0.1) is 0 Å². The van der Waals surface area contributed by atoms with E-state index in [9.17, 15) is 0 Å². The summed E-state index contributed by atoms with van der Waals surface area (Å²) in [7, 11) is 1.76. The molecule has 26 heavy (non-hydrogen) atoms. The van der Waals surface area contributed by atoms with E-state index in [-0.39, 0.29) is 30.8 Å². The summed E-state index contributed by atoms with van der Waals surface area (Å²) in [6.45, 7) is 4.01. The van der Waals surface area contributed by atoms with Gasteiger partial charge in [0.25, 0.3) is 0 Å². The fourth-order valence-electron chi connectivity index (χ4n) is 2.90. The Morgan fingerprint density at radius 2 is 2.23 bits per heavy atom. The van der Waals surface area contributed by atoms with Crippen LogP contribution in [0.3, 0.4) is 0 Å². The van der Waals surface area contributed by atoms with Gasteiger partial charge in [-0.15, -0.1) is 24.0 Å². The highest BCUT2D eigenvalue weighted by Gasteiger charge is 2.17. The van der Waals surface area contributed by atoms with E-state index in [4.69, 9.17) is 18.9 Å². The average molecular weight is 477 g/mol. The van der Waals surface area contributed by atoms with E-state index in [1.165, 1.54) is 0 Å². The number of aliphatic imine (C=N–C) groups is 1. The van der Waals surface area contributed by atoms with Crippen LogP contribution in [0.5, 0.6) is 11.5 Å². The summed E-state index contributed by atoms with van der Waals surface area (Å²) in [6, 6.07) is 5.90. The van der Waals surface area contributed by atoms with Crippen LogP contribution in [0.25, 0.3) is 0 Å². The van der Waals surface area contributed by atoms with Crippen molar-refractivity contribution >= 4 is 29.9 Å². The van der Waals surface area contributed by atoms with E-state index >= 15 is 0 Å². The molecule has 2 heterocycles. The molecule has 1 atom stereocenters. The quantitative estimate of drug-likeness (QED) is 0.259. The summed E-state index contributed by atoms with van der Waals surface area (Å²) < 4.78 is 22.1. The molecular formula is C18H28IN3O4. The number of nitrogens with zero attached hydrogens (tertiary/aromatic N) is 1. The van der Waals surface area contributed by atoms with Crippen molar-refractivity contribution in [1.29, 1.82) is 0 Å². The first-order chi connectivity index (χ1) is 12.4. The Kier molecular flexibility index (Phi) is 9.27. The Morgan fingerprint density at radius 1 is 1.31 bits per heavy atom. The van der Waals surface area contributed by atoms with Crippen molar-refractivity contribution in [3.8, 4) is 11.5 Å². The van der Waals surface area contributed by atoms with Crippen LogP contribution < -0.4 is 20.1 Å². The fourth-order valence-corrected chi connectivity index (χ4v) is 2.90. The van der Waals surface area contributed by atoms with Crippen LogP contribution in [-0.2, 0) is 16.0 Å². The summed E-state index contributed by atoms with van der Waals surface area (Å²) >= 11 is 0. The van der Waals surface area contributed by atoms with Gasteiger partial charge < -0.3 is 29.6 Å². The maximum absolute atomic E-state index is 5.66. The zero-order chi connectivity index (χ0) is 17.3. The van der Waals surface area contributed by atoms with Crippen molar-refractivity contribution in [3.05, 3.63) is 23.8 Å². The second-order valence-corrected chi connectivity index (χ2v) is 6.07. The van der Waals surface area contributed by atoms with E-state index in [0.717, 1.165) is 62.0 Å². The first-order valence-electron chi connectivity index (χ1n) is 8.88. The first-order valence-corrected chi connectivity index (χ1v) is 8.88.